The van der Waals surface area contributed by atoms with Crippen molar-refractivity contribution in [2.45, 2.75) is 13.5 Å². The number of carboxylic acids is 1. The maximum atomic E-state index is 13.8. The Morgan fingerprint density at radius 1 is 1.26 bits per heavy atom. The molecule has 1 aliphatic heterocycles. The van der Waals surface area contributed by atoms with E-state index in [-0.39, 0.29) is 5.56 Å². The number of benzene rings is 1. The van der Waals surface area contributed by atoms with Crippen LogP contribution in [0.15, 0.2) is 18.2 Å². The predicted molar refractivity (Wildman–Crippen MR) is 70.8 cm³/mol. The molecule has 4 nitrogen and oxygen atoms in total. The van der Waals surface area contributed by atoms with Crippen LogP contribution in [0.1, 0.15) is 22.8 Å². The average molecular weight is 266 g/mol. The first-order valence-electron chi connectivity index (χ1n) is 6.56. The molecule has 1 N–H and O–H groups in total. The zero-order valence-electron chi connectivity index (χ0n) is 11.1. The molecular formula is C14H19FN2O2. The van der Waals surface area contributed by atoms with E-state index in [0.717, 1.165) is 38.8 Å². The minimum atomic E-state index is -1.10. The molecule has 1 aliphatic rings. The molecule has 0 saturated carbocycles. The number of likely N-dealkylation sites (N-methyl/N-ethyl adjacent to an activating group) is 1. The number of hydrogen-bond donors (Lipinski definition) is 1. The molecule has 1 fully saturated rings. The van der Waals surface area contributed by atoms with Gasteiger partial charge in [0.15, 0.2) is 0 Å². The van der Waals surface area contributed by atoms with Gasteiger partial charge in [0.1, 0.15) is 5.82 Å². The summed E-state index contributed by atoms with van der Waals surface area (Å²) in [5.41, 5.74) is 0.562. The summed E-state index contributed by atoms with van der Waals surface area (Å²) in [4.78, 5) is 15.3. The van der Waals surface area contributed by atoms with Crippen molar-refractivity contribution >= 4 is 5.97 Å². The van der Waals surface area contributed by atoms with Crippen molar-refractivity contribution in [3.8, 4) is 0 Å². The number of carboxylic acid groups (broad SMARTS) is 1. The quantitative estimate of drug-likeness (QED) is 0.900. The number of halogens is 1. The lowest BCUT2D eigenvalue weighted by Gasteiger charge is -2.34. The molecule has 0 spiro atoms. The number of piperazine rings is 1. The number of nitrogens with zero attached hydrogens (tertiary/aromatic N) is 2. The fraction of sp³-hybridized carbons (Fsp3) is 0.500. The van der Waals surface area contributed by atoms with Crippen molar-refractivity contribution < 1.29 is 14.3 Å². The molecule has 0 aliphatic carbocycles. The Balaban J connectivity index is 1.98. The number of carbonyl (C=O) groups is 1. The molecule has 0 amide bonds. The second kappa shape index (κ2) is 6.12. The summed E-state index contributed by atoms with van der Waals surface area (Å²) in [6.45, 7) is 7.59. The molecule has 104 valence electrons. The molecule has 0 bridgehead atoms. The van der Waals surface area contributed by atoms with Crippen LogP contribution in [-0.4, -0.2) is 53.6 Å². The van der Waals surface area contributed by atoms with Crippen molar-refractivity contribution in [1.82, 2.24) is 9.80 Å². The second-order valence-electron chi connectivity index (χ2n) is 4.82. The molecule has 0 atom stereocenters. The summed E-state index contributed by atoms with van der Waals surface area (Å²) in [6, 6.07) is 4.13. The van der Waals surface area contributed by atoms with Crippen LogP contribution in [0.25, 0.3) is 0 Å². The molecule has 1 heterocycles. The summed E-state index contributed by atoms with van der Waals surface area (Å²) in [5, 5.41) is 8.80. The van der Waals surface area contributed by atoms with Crippen LogP contribution in [-0.2, 0) is 6.54 Å². The Bertz CT molecular complexity index is 457. The normalized spacial score (nSPS) is 17.6. The van der Waals surface area contributed by atoms with Crippen molar-refractivity contribution in [1.29, 1.82) is 0 Å². The van der Waals surface area contributed by atoms with Crippen molar-refractivity contribution in [3.63, 3.8) is 0 Å². The molecule has 1 aromatic carbocycles. The van der Waals surface area contributed by atoms with E-state index in [1.54, 1.807) is 6.07 Å². The Hall–Kier alpha value is -1.46. The third kappa shape index (κ3) is 3.52. The molecule has 1 saturated heterocycles. The largest absolute Gasteiger partial charge is 0.478 e. The van der Waals surface area contributed by atoms with Gasteiger partial charge in [0.25, 0.3) is 0 Å². The van der Waals surface area contributed by atoms with Crippen LogP contribution in [0.5, 0.6) is 0 Å². The molecular weight excluding hydrogens is 247 g/mol. The lowest BCUT2D eigenvalue weighted by molar-refractivity contribution is 0.0696. The van der Waals surface area contributed by atoms with Crippen LogP contribution in [0.3, 0.4) is 0 Å². The third-order valence-corrected chi connectivity index (χ3v) is 3.61. The molecule has 0 aromatic heterocycles. The first kappa shape index (κ1) is 14.0. The fourth-order valence-electron chi connectivity index (χ4n) is 2.31. The van der Waals surface area contributed by atoms with Crippen molar-refractivity contribution in [2.24, 2.45) is 0 Å². The summed E-state index contributed by atoms with van der Waals surface area (Å²) >= 11 is 0. The van der Waals surface area contributed by atoms with Crippen LogP contribution >= 0.6 is 0 Å². The van der Waals surface area contributed by atoms with E-state index in [4.69, 9.17) is 5.11 Å². The standard InChI is InChI=1S/C14H19FN2O2/c1-2-16-5-7-17(8-6-16)10-12-4-3-11(14(18)19)9-13(12)15/h3-4,9H,2,5-8,10H2,1H3,(H,18,19). The Morgan fingerprint density at radius 2 is 1.89 bits per heavy atom. The lowest BCUT2D eigenvalue weighted by Crippen LogP contribution is -2.45. The van der Waals surface area contributed by atoms with E-state index in [1.165, 1.54) is 6.07 Å². The summed E-state index contributed by atoms with van der Waals surface area (Å²) in [7, 11) is 0. The van der Waals surface area contributed by atoms with Gasteiger partial charge in [-0.05, 0) is 18.7 Å². The zero-order chi connectivity index (χ0) is 13.8. The minimum Gasteiger partial charge on any atom is -0.478 e. The fourth-order valence-corrected chi connectivity index (χ4v) is 2.31. The molecule has 5 heteroatoms. The highest BCUT2D eigenvalue weighted by molar-refractivity contribution is 5.87. The van der Waals surface area contributed by atoms with Crippen LogP contribution in [0.2, 0.25) is 0 Å². The van der Waals surface area contributed by atoms with E-state index in [0.29, 0.717) is 12.1 Å². The second-order valence-corrected chi connectivity index (χ2v) is 4.82. The van der Waals surface area contributed by atoms with Gasteiger partial charge >= 0.3 is 5.97 Å². The molecule has 19 heavy (non-hydrogen) atoms. The van der Waals surface area contributed by atoms with Gasteiger partial charge in [0.2, 0.25) is 0 Å². The average Bonchev–Trinajstić information content (AvgIpc) is 2.41. The first-order valence-corrected chi connectivity index (χ1v) is 6.56. The van der Waals surface area contributed by atoms with Crippen LogP contribution < -0.4 is 0 Å². The lowest BCUT2D eigenvalue weighted by atomic mass is 10.1. The number of aromatic carboxylic acids is 1. The summed E-state index contributed by atoms with van der Waals surface area (Å²) < 4.78 is 13.8. The van der Waals surface area contributed by atoms with Gasteiger partial charge in [-0.1, -0.05) is 13.0 Å². The SMILES string of the molecule is CCN1CCN(Cc2ccc(C(=O)O)cc2F)CC1. The van der Waals surface area contributed by atoms with Crippen molar-refractivity contribution in [2.75, 3.05) is 32.7 Å². The molecule has 1 aromatic rings. The van der Waals surface area contributed by atoms with E-state index < -0.39 is 11.8 Å². The van der Waals surface area contributed by atoms with Crippen molar-refractivity contribution in [3.05, 3.63) is 35.1 Å². The summed E-state index contributed by atoms with van der Waals surface area (Å²) in [5.74, 6) is -1.53. The Labute approximate surface area is 112 Å². The van der Waals surface area contributed by atoms with Gasteiger partial charge in [-0.2, -0.15) is 0 Å². The topological polar surface area (TPSA) is 43.8 Å². The highest BCUT2D eigenvalue weighted by atomic mass is 19.1. The van der Waals surface area contributed by atoms with Crippen LogP contribution in [0, 0.1) is 5.82 Å². The maximum Gasteiger partial charge on any atom is 0.335 e. The summed E-state index contributed by atoms with van der Waals surface area (Å²) in [6.07, 6.45) is 0. The van der Waals surface area contributed by atoms with Gasteiger partial charge < -0.3 is 10.0 Å². The zero-order valence-corrected chi connectivity index (χ0v) is 11.1. The highest BCUT2D eigenvalue weighted by Gasteiger charge is 2.17. The van der Waals surface area contributed by atoms with Gasteiger partial charge in [-0.3, -0.25) is 4.90 Å². The highest BCUT2D eigenvalue weighted by Crippen LogP contribution is 2.14. The van der Waals surface area contributed by atoms with Gasteiger partial charge in [0.05, 0.1) is 5.56 Å². The maximum absolute atomic E-state index is 13.8. The number of rotatable bonds is 4. The Kier molecular flexibility index (Phi) is 4.50. The monoisotopic (exact) mass is 266 g/mol. The third-order valence-electron chi connectivity index (χ3n) is 3.61. The van der Waals surface area contributed by atoms with Gasteiger partial charge in [-0.15, -0.1) is 0 Å². The minimum absolute atomic E-state index is 0.00273. The molecule has 0 radical (unpaired) electrons. The smallest absolute Gasteiger partial charge is 0.335 e. The van der Waals surface area contributed by atoms with E-state index in [9.17, 15) is 9.18 Å². The predicted octanol–water partition coefficient (Wildman–Crippen LogP) is 1.66. The van der Waals surface area contributed by atoms with E-state index in [1.807, 2.05) is 0 Å². The van der Waals surface area contributed by atoms with E-state index >= 15 is 0 Å². The molecule has 2 rings (SSSR count). The molecule has 0 unspecified atom stereocenters. The van der Waals surface area contributed by atoms with Crippen LogP contribution in [0.4, 0.5) is 4.39 Å². The van der Waals surface area contributed by atoms with Gasteiger partial charge in [-0.25, -0.2) is 9.18 Å². The first-order chi connectivity index (χ1) is 9.10. The van der Waals surface area contributed by atoms with E-state index in [2.05, 4.69) is 16.7 Å². The Morgan fingerprint density at radius 3 is 2.42 bits per heavy atom. The number of hydrogen-bond acceptors (Lipinski definition) is 3. The van der Waals surface area contributed by atoms with Gasteiger partial charge in [0, 0.05) is 38.3 Å².